The van der Waals surface area contributed by atoms with Crippen LogP contribution in [0.4, 0.5) is 11.4 Å². The fourth-order valence-electron chi connectivity index (χ4n) is 1.70. The Balaban J connectivity index is 2.27. The molecule has 0 bridgehead atoms. The van der Waals surface area contributed by atoms with Crippen LogP contribution >= 0.6 is 23.2 Å². The predicted molar refractivity (Wildman–Crippen MR) is 92.1 cm³/mol. The molecule has 3 N–H and O–H groups in total. The van der Waals surface area contributed by atoms with Crippen LogP contribution in [-0.4, -0.2) is 19.6 Å². The summed E-state index contributed by atoms with van der Waals surface area (Å²) in [5.41, 5.74) is 2.61. The Morgan fingerprint density at radius 3 is 2.46 bits per heavy atom. The van der Waals surface area contributed by atoms with Crippen LogP contribution in [0.15, 0.2) is 46.4 Å². The molecule has 0 saturated carbocycles. The van der Waals surface area contributed by atoms with Crippen LogP contribution < -0.4 is 10.6 Å². The highest BCUT2D eigenvalue weighted by Crippen LogP contribution is 2.27. The van der Waals surface area contributed by atoms with Crippen LogP contribution in [0.25, 0.3) is 0 Å². The van der Waals surface area contributed by atoms with E-state index in [0.29, 0.717) is 15.6 Å². The van der Waals surface area contributed by atoms with Gasteiger partial charge in [-0.25, -0.2) is 13.6 Å². The van der Waals surface area contributed by atoms with Gasteiger partial charge in [-0.1, -0.05) is 29.3 Å². The van der Waals surface area contributed by atoms with E-state index in [1.54, 1.807) is 18.2 Å². The number of hydrazone groups is 1. The van der Waals surface area contributed by atoms with Crippen molar-refractivity contribution >= 4 is 50.8 Å². The number of halogens is 2. The van der Waals surface area contributed by atoms with Gasteiger partial charge in [0.05, 0.1) is 26.1 Å². The molecule has 0 fully saturated rings. The first-order valence-electron chi connectivity index (χ1n) is 6.24. The second-order valence-corrected chi connectivity index (χ2v) is 6.90. The SMILES string of the molecule is NS(=O)(=O)c1ccc(N/N=C\c2ccc(Cl)c(Cl)c2)c([N+](=O)[O-])c1. The average Bonchev–Trinajstić information content (AvgIpc) is 2.50. The van der Waals surface area contributed by atoms with Gasteiger partial charge in [0.15, 0.2) is 0 Å². The normalized spacial score (nSPS) is 11.6. The summed E-state index contributed by atoms with van der Waals surface area (Å²) in [4.78, 5) is 9.95. The molecule has 2 aromatic rings. The van der Waals surface area contributed by atoms with Gasteiger partial charge < -0.3 is 0 Å². The molecule has 0 heterocycles. The number of nitrogens with one attached hydrogen (secondary N) is 1. The van der Waals surface area contributed by atoms with Gasteiger partial charge in [-0.05, 0) is 29.8 Å². The summed E-state index contributed by atoms with van der Waals surface area (Å²) < 4.78 is 22.5. The van der Waals surface area contributed by atoms with Crippen molar-refractivity contribution in [2.75, 3.05) is 5.43 Å². The molecule has 0 amide bonds. The summed E-state index contributed by atoms with van der Waals surface area (Å²) in [7, 11) is -4.05. The summed E-state index contributed by atoms with van der Waals surface area (Å²) in [6, 6.07) is 7.98. The molecule has 2 rings (SSSR count). The quantitative estimate of drug-likeness (QED) is 0.462. The summed E-state index contributed by atoms with van der Waals surface area (Å²) in [6.07, 6.45) is 1.37. The summed E-state index contributed by atoms with van der Waals surface area (Å²) in [5.74, 6) is 0. The first-order chi connectivity index (χ1) is 11.2. The number of hydrogen-bond donors (Lipinski definition) is 2. The van der Waals surface area contributed by atoms with Crippen LogP contribution in [0.3, 0.4) is 0 Å². The molecular formula is C13H10Cl2N4O4S. The van der Waals surface area contributed by atoms with Crippen molar-refractivity contribution in [3.63, 3.8) is 0 Å². The van der Waals surface area contributed by atoms with E-state index in [9.17, 15) is 18.5 Å². The number of sulfonamides is 1. The maximum Gasteiger partial charge on any atom is 0.295 e. The highest BCUT2D eigenvalue weighted by atomic mass is 35.5. The Hall–Kier alpha value is -2.20. The zero-order valence-electron chi connectivity index (χ0n) is 11.8. The number of nitro groups is 1. The summed E-state index contributed by atoms with van der Waals surface area (Å²) >= 11 is 11.7. The fraction of sp³-hybridized carbons (Fsp3) is 0. The number of hydrogen-bond acceptors (Lipinski definition) is 6. The maximum atomic E-state index is 11.3. The largest absolute Gasteiger partial charge is 0.295 e. The van der Waals surface area contributed by atoms with Crippen molar-refractivity contribution in [2.24, 2.45) is 10.2 Å². The lowest BCUT2D eigenvalue weighted by Crippen LogP contribution is -2.12. The lowest BCUT2D eigenvalue weighted by molar-refractivity contribution is -0.384. The Kier molecular flexibility index (Phi) is 5.40. The summed E-state index contributed by atoms with van der Waals surface area (Å²) in [6.45, 7) is 0. The molecule has 2 aromatic carbocycles. The van der Waals surface area contributed by atoms with Crippen molar-refractivity contribution in [1.82, 2.24) is 0 Å². The smallest absolute Gasteiger partial charge is 0.272 e. The number of nitro benzene ring substituents is 1. The molecule has 0 atom stereocenters. The lowest BCUT2D eigenvalue weighted by Gasteiger charge is -2.04. The number of nitrogens with zero attached hydrogens (tertiary/aromatic N) is 2. The van der Waals surface area contributed by atoms with Gasteiger partial charge in [0, 0.05) is 6.07 Å². The molecular weight excluding hydrogens is 379 g/mol. The Labute approximate surface area is 147 Å². The molecule has 0 aliphatic rings. The van der Waals surface area contributed by atoms with Crippen LogP contribution in [0.5, 0.6) is 0 Å². The molecule has 0 aliphatic carbocycles. The van der Waals surface area contributed by atoms with Crippen molar-refractivity contribution < 1.29 is 13.3 Å². The van der Waals surface area contributed by atoms with E-state index in [1.807, 2.05) is 0 Å². The van der Waals surface area contributed by atoms with Gasteiger partial charge in [0.2, 0.25) is 10.0 Å². The highest BCUT2D eigenvalue weighted by molar-refractivity contribution is 7.89. The number of nitrogens with two attached hydrogens (primary N) is 1. The molecule has 8 nitrogen and oxygen atoms in total. The molecule has 24 heavy (non-hydrogen) atoms. The third kappa shape index (κ3) is 4.42. The van der Waals surface area contributed by atoms with Gasteiger partial charge in [0.1, 0.15) is 5.69 Å². The number of anilines is 1. The van der Waals surface area contributed by atoms with E-state index in [2.05, 4.69) is 10.5 Å². The second-order valence-electron chi connectivity index (χ2n) is 4.52. The molecule has 0 aliphatic heterocycles. The lowest BCUT2D eigenvalue weighted by atomic mass is 10.2. The van der Waals surface area contributed by atoms with E-state index in [0.717, 1.165) is 12.1 Å². The van der Waals surface area contributed by atoms with Gasteiger partial charge in [0.25, 0.3) is 5.69 Å². The third-order valence-corrected chi connectivity index (χ3v) is 4.49. The van der Waals surface area contributed by atoms with Crippen LogP contribution in [0.2, 0.25) is 10.0 Å². The molecule has 0 saturated heterocycles. The second kappa shape index (κ2) is 7.14. The van der Waals surface area contributed by atoms with Crippen LogP contribution in [0.1, 0.15) is 5.56 Å². The van der Waals surface area contributed by atoms with E-state index < -0.39 is 20.6 Å². The fourth-order valence-corrected chi connectivity index (χ4v) is 2.54. The zero-order chi connectivity index (χ0) is 17.9. The predicted octanol–water partition coefficient (Wildman–Crippen LogP) is 3.00. The van der Waals surface area contributed by atoms with Gasteiger partial charge in [-0.3, -0.25) is 15.5 Å². The van der Waals surface area contributed by atoms with Crippen LogP contribution in [-0.2, 0) is 10.0 Å². The van der Waals surface area contributed by atoms with E-state index in [-0.39, 0.29) is 10.6 Å². The topological polar surface area (TPSA) is 128 Å². The molecule has 126 valence electrons. The minimum absolute atomic E-state index is 0.00344. The molecule has 0 aromatic heterocycles. The summed E-state index contributed by atoms with van der Waals surface area (Å²) in [5, 5.41) is 20.6. The Bertz CT molecular complexity index is 932. The van der Waals surface area contributed by atoms with E-state index >= 15 is 0 Å². The minimum Gasteiger partial charge on any atom is -0.272 e. The first kappa shape index (κ1) is 18.1. The molecule has 0 unspecified atom stereocenters. The van der Waals surface area contributed by atoms with Crippen molar-refractivity contribution in [3.05, 3.63) is 62.1 Å². The molecule has 0 spiro atoms. The third-order valence-electron chi connectivity index (χ3n) is 2.84. The standard InChI is InChI=1S/C13H10Cl2N4O4S/c14-10-3-1-8(5-11(10)15)7-17-18-12-4-2-9(24(16,22)23)6-13(12)19(20)21/h1-7,18H,(H2,16,22,23)/b17-7-. The zero-order valence-corrected chi connectivity index (χ0v) is 14.1. The molecule has 11 heteroatoms. The minimum atomic E-state index is -4.05. The maximum absolute atomic E-state index is 11.3. The first-order valence-corrected chi connectivity index (χ1v) is 8.54. The van der Waals surface area contributed by atoms with Gasteiger partial charge >= 0.3 is 0 Å². The van der Waals surface area contributed by atoms with E-state index in [1.165, 1.54) is 12.3 Å². The van der Waals surface area contributed by atoms with Crippen molar-refractivity contribution in [3.8, 4) is 0 Å². The van der Waals surface area contributed by atoms with Gasteiger partial charge in [-0.2, -0.15) is 5.10 Å². The molecule has 0 radical (unpaired) electrons. The highest BCUT2D eigenvalue weighted by Gasteiger charge is 2.18. The Morgan fingerprint density at radius 2 is 1.88 bits per heavy atom. The average molecular weight is 389 g/mol. The van der Waals surface area contributed by atoms with E-state index in [4.69, 9.17) is 28.3 Å². The number of primary sulfonamides is 1. The Morgan fingerprint density at radius 1 is 1.17 bits per heavy atom. The van der Waals surface area contributed by atoms with Crippen LogP contribution in [0, 0.1) is 10.1 Å². The number of rotatable bonds is 5. The van der Waals surface area contributed by atoms with Gasteiger partial charge in [-0.15, -0.1) is 0 Å². The van der Waals surface area contributed by atoms with Crippen molar-refractivity contribution in [1.29, 1.82) is 0 Å². The van der Waals surface area contributed by atoms with Crippen molar-refractivity contribution in [2.45, 2.75) is 4.90 Å². The monoisotopic (exact) mass is 388 g/mol. The number of benzene rings is 2.